The Morgan fingerprint density at radius 2 is 1.92 bits per heavy atom. The maximum absolute atomic E-state index is 17.3. The lowest BCUT2D eigenvalue weighted by Crippen LogP contribution is -2.57. The number of halogens is 2. The lowest BCUT2D eigenvalue weighted by molar-refractivity contribution is -0.0967. The fraction of sp³-hybridized carbons (Fsp3) is 0.632. The molecule has 3 aliphatic heterocycles. The number of anilines is 1. The second-order valence-electron chi connectivity index (χ2n) is 15.8. The Balaban J connectivity index is 1.23. The number of β-amino-alcohol motifs (C(OH)–C–C–N with tert-alkyl or cyclic N) is 1. The van der Waals surface area contributed by atoms with Crippen molar-refractivity contribution in [3.8, 4) is 23.1 Å². The highest BCUT2D eigenvalue weighted by atomic mass is 35.5. The summed E-state index contributed by atoms with van der Waals surface area (Å²) in [5, 5.41) is 19.7. The van der Waals surface area contributed by atoms with E-state index in [1.807, 2.05) is 11.8 Å². The molecule has 1 aliphatic carbocycles. The molecule has 0 radical (unpaired) electrons. The summed E-state index contributed by atoms with van der Waals surface area (Å²) < 4.78 is 41.6. The molecule has 1 saturated carbocycles. The maximum Gasteiger partial charge on any atom is 0.319 e. The van der Waals surface area contributed by atoms with Crippen molar-refractivity contribution >= 4 is 39.2 Å². The summed E-state index contributed by atoms with van der Waals surface area (Å²) in [6.45, 7) is 10.5. The Morgan fingerprint density at radius 3 is 2.71 bits per heavy atom. The van der Waals surface area contributed by atoms with Crippen molar-refractivity contribution in [1.82, 2.24) is 30.0 Å². The third-order valence-electron chi connectivity index (χ3n) is 11.8. The number of H-pyrrole nitrogens is 1. The predicted molar refractivity (Wildman–Crippen MR) is 197 cm³/mol. The molecular weight excluding hydrogens is 689 g/mol. The molecule has 4 fully saturated rings. The molecule has 0 spiro atoms. The normalized spacial score (nSPS) is 30.1. The van der Waals surface area contributed by atoms with Gasteiger partial charge in [-0.25, -0.2) is 9.37 Å². The molecule has 5 unspecified atom stereocenters. The Kier molecular flexibility index (Phi) is 9.47. The van der Waals surface area contributed by atoms with Gasteiger partial charge in [0.05, 0.1) is 57.4 Å². The number of pyridine rings is 1. The average Bonchev–Trinajstić information content (AvgIpc) is 3.72. The van der Waals surface area contributed by atoms with Crippen LogP contribution in [0.15, 0.2) is 12.3 Å². The first-order valence-corrected chi connectivity index (χ1v) is 19.0. The number of likely N-dealkylation sites (tertiary alicyclic amines) is 1. The highest BCUT2D eigenvalue weighted by Crippen LogP contribution is 2.50. The zero-order valence-corrected chi connectivity index (χ0v) is 31.4. The number of methoxy groups -OCH3 is 1. The molecule has 8 rings (SSSR count). The van der Waals surface area contributed by atoms with E-state index in [1.54, 1.807) is 19.2 Å². The van der Waals surface area contributed by atoms with E-state index in [9.17, 15) is 5.11 Å². The largest absolute Gasteiger partial charge is 0.480 e. The first-order valence-electron chi connectivity index (χ1n) is 18.6. The molecule has 12 nitrogen and oxygen atoms in total. The van der Waals surface area contributed by atoms with Crippen LogP contribution in [0.4, 0.5) is 10.2 Å². The molecular formula is C38H49ClFN7O5. The first-order chi connectivity index (χ1) is 25.0. The number of ether oxygens (including phenoxy) is 4. The van der Waals surface area contributed by atoms with Gasteiger partial charge in [-0.2, -0.15) is 15.1 Å². The van der Waals surface area contributed by atoms with Gasteiger partial charge in [-0.1, -0.05) is 18.0 Å². The van der Waals surface area contributed by atoms with E-state index in [0.29, 0.717) is 70.1 Å². The molecule has 5 atom stereocenters. The van der Waals surface area contributed by atoms with Crippen molar-refractivity contribution < 1.29 is 28.4 Å². The minimum atomic E-state index is -1.18. The maximum atomic E-state index is 17.3. The van der Waals surface area contributed by atoms with Gasteiger partial charge in [-0.05, 0) is 84.4 Å². The van der Waals surface area contributed by atoms with E-state index in [0.717, 1.165) is 51.5 Å². The highest BCUT2D eigenvalue weighted by Gasteiger charge is 2.51. The number of fused-ring (bicyclic) bond motifs is 3. The van der Waals surface area contributed by atoms with Crippen LogP contribution in [0.5, 0.6) is 11.9 Å². The fourth-order valence-corrected chi connectivity index (χ4v) is 9.79. The van der Waals surface area contributed by atoms with E-state index < -0.39 is 11.4 Å². The van der Waals surface area contributed by atoms with Gasteiger partial charge in [-0.15, -0.1) is 0 Å². The number of nitrogens with one attached hydrogen (secondary N) is 1. The molecule has 0 amide bonds. The first kappa shape index (κ1) is 35.7. The van der Waals surface area contributed by atoms with Crippen molar-refractivity contribution in [2.75, 3.05) is 51.5 Å². The minimum Gasteiger partial charge on any atom is -0.480 e. The quantitative estimate of drug-likeness (QED) is 0.224. The molecule has 3 aromatic heterocycles. The molecule has 52 heavy (non-hydrogen) atoms. The summed E-state index contributed by atoms with van der Waals surface area (Å²) in [6.07, 6.45) is 9.65. The number of aromatic nitrogens is 5. The van der Waals surface area contributed by atoms with Crippen LogP contribution < -0.4 is 14.4 Å². The smallest absolute Gasteiger partial charge is 0.319 e. The van der Waals surface area contributed by atoms with Gasteiger partial charge >= 0.3 is 6.01 Å². The summed E-state index contributed by atoms with van der Waals surface area (Å²) in [5.41, 5.74) is 0.604. The molecule has 1 aromatic carbocycles. The summed E-state index contributed by atoms with van der Waals surface area (Å²) in [5.74, 6) is -0.141. The van der Waals surface area contributed by atoms with E-state index in [1.165, 1.54) is 7.11 Å². The van der Waals surface area contributed by atoms with Crippen LogP contribution in [0.1, 0.15) is 71.3 Å². The summed E-state index contributed by atoms with van der Waals surface area (Å²) in [6, 6.07) is 2.71. The van der Waals surface area contributed by atoms with Crippen LogP contribution in [0, 0.1) is 18.2 Å². The van der Waals surface area contributed by atoms with Crippen molar-refractivity contribution in [3.05, 3.63) is 28.7 Å². The second-order valence-corrected chi connectivity index (χ2v) is 16.2. The van der Waals surface area contributed by atoms with E-state index in [-0.39, 0.29) is 53.9 Å². The third-order valence-corrected chi connectivity index (χ3v) is 12.2. The van der Waals surface area contributed by atoms with Gasteiger partial charge in [0.1, 0.15) is 28.0 Å². The van der Waals surface area contributed by atoms with Crippen LogP contribution in [-0.2, 0) is 9.47 Å². The van der Waals surface area contributed by atoms with E-state index >= 15 is 4.39 Å². The molecule has 280 valence electrons. The van der Waals surface area contributed by atoms with E-state index in [4.69, 9.17) is 45.5 Å². The number of hydrogen-bond acceptors (Lipinski definition) is 11. The molecule has 2 N–H and O–H groups in total. The van der Waals surface area contributed by atoms with Gasteiger partial charge in [0.2, 0.25) is 5.88 Å². The third kappa shape index (κ3) is 6.36. The summed E-state index contributed by atoms with van der Waals surface area (Å²) >= 11 is 6.64. The Bertz CT molecular complexity index is 1970. The second kappa shape index (κ2) is 13.8. The lowest BCUT2D eigenvalue weighted by Gasteiger charge is -2.51. The van der Waals surface area contributed by atoms with Gasteiger partial charge < -0.3 is 29.0 Å². The summed E-state index contributed by atoms with van der Waals surface area (Å²) in [7, 11) is 1.49. The van der Waals surface area contributed by atoms with Gasteiger partial charge in [0, 0.05) is 40.0 Å². The van der Waals surface area contributed by atoms with Crippen molar-refractivity contribution in [3.63, 3.8) is 0 Å². The topological polar surface area (TPSA) is 131 Å². The van der Waals surface area contributed by atoms with Crippen LogP contribution in [0.3, 0.4) is 0 Å². The van der Waals surface area contributed by atoms with Crippen LogP contribution >= 0.6 is 11.6 Å². The number of nitrogens with zero attached hydrogens (tertiary/aromatic N) is 6. The van der Waals surface area contributed by atoms with Crippen molar-refractivity contribution in [1.29, 1.82) is 0 Å². The highest BCUT2D eigenvalue weighted by molar-refractivity contribution is 6.33. The minimum absolute atomic E-state index is 0.0126. The fourth-order valence-electron chi connectivity index (χ4n) is 9.59. The van der Waals surface area contributed by atoms with Crippen LogP contribution in [-0.4, -0.2) is 112 Å². The monoisotopic (exact) mass is 737 g/mol. The van der Waals surface area contributed by atoms with Crippen LogP contribution in [0.2, 0.25) is 5.02 Å². The Morgan fingerprint density at radius 1 is 1.13 bits per heavy atom. The summed E-state index contributed by atoms with van der Waals surface area (Å²) in [4.78, 5) is 19.1. The molecule has 0 bridgehead atoms. The number of aromatic amines is 1. The molecule has 3 saturated heterocycles. The SMILES string of the molecule is COc1nc(-c2c(C)c(Cl)cc3[nH]ncc23)c(F)c2nc(OCC34CCCC3N(C3CC(C)OC(C)C3)CCC4)nc(N3CCOCC(C)(O)C3)c12. The number of piperidine rings is 1. The van der Waals surface area contributed by atoms with Gasteiger partial charge in [-0.3, -0.25) is 10.00 Å². The Hall–Kier alpha value is -3.36. The average molecular weight is 738 g/mol. The number of benzene rings is 1. The number of hydrogen-bond donors (Lipinski definition) is 2. The number of aliphatic hydroxyl groups is 1. The molecule has 6 heterocycles. The van der Waals surface area contributed by atoms with Gasteiger partial charge in [0.25, 0.3) is 0 Å². The molecule has 4 aliphatic rings. The number of rotatable bonds is 7. The van der Waals surface area contributed by atoms with Gasteiger partial charge in [0.15, 0.2) is 5.82 Å². The van der Waals surface area contributed by atoms with Crippen LogP contribution in [0.25, 0.3) is 33.1 Å². The zero-order valence-electron chi connectivity index (χ0n) is 30.7. The predicted octanol–water partition coefficient (Wildman–Crippen LogP) is 6.23. The lowest BCUT2D eigenvalue weighted by atomic mass is 9.74. The van der Waals surface area contributed by atoms with Crippen molar-refractivity contribution in [2.24, 2.45) is 5.41 Å². The van der Waals surface area contributed by atoms with E-state index in [2.05, 4.69) is 28.9 Å². The molecule has 4 aromatic rings. The molecule has 14 heteroatoms. The Labute approximate surface area is 308 Å². The zero-order chi connectivity index (χ0) is 36.4. The standard InChI is InChI=1S/C38H49ClFN7O5/c1-21-14-24(15-22(2)52-21)47-11-7-10-38(9-6-8-28(38)47)20-51-36-43-33-30(34(44-36)46-12-13-50-19-37(4,48)18-46)35(49-5)42-32(31(33)40)29-23(3)26(39)16-27-25(29)17-41-45-27/h16-17,21-22,24,28,48H,6-15,18-20H2,1-5H3,(H,41,45). The van der Waals surface area contributed by atoms with Crippen molar-refractivity contribution in [2.45, 2.75) is 103 Å².